The minimum absolute atomic E-state index is 0.143. The molecule has 146 valence electrons. The Morgan fingerprint density at radius 3 is 2.19 bits per heavy atom. The summed E-state index contributed by atoms with van der Waals surface area (Å²) in [5.74, 6) is 0.816. The van der Waals surface area contributed by atoms with Gasteiger partial charge in [-0.2, -0.15) is 4.31 Å². The number of piperazine rings is 1. The van der Waals surface area contributed by atoms with Crippen molar-refractivity contribution in [3.05, 3.63) is 47.5 Å². The second kappa shape index (κ2) is 7.78. The summed E-state index contributed by atoms with van der Waals surface area (Å²) in [6.07, 6.45) is 0. The summed E-state index contributed by atoms with van der Waals surface area (Å²) >= 11 is 0. The lowest BCUT2D eigenvalue weighted by Gasteiger charge is -2.36. The molecule has 6 nitrogen and oxygen atoms in total. The summed E-state index contributed by atoms with van der Waals surface area (Å²) in [6, 6.07) is 11.2. The van der Waals surface area contributed by atoms with Gasteiger partial charge in [0.1, 0.15) is 16.4 Å². The number of methoxy groups -OCH3 is 2. The van der Waals surface area contributed by atoms with E-state index in [0.29, 0.717) is 37.7 Å². The van der Waals surface area contributed by atoms with Crippen molar-refractivity contribution in [3.8, 4) is 11.5 Å². The first-order valence-electron chi connectivity index (χ1n) is 8.91. The predicted molar refractivity (Wildman–Crippen MR) is 106 cm³/mol. The molecule has 0 bridgehead atoms. The number of sulfonamides is 1. The Hall–Kier alpha value is -2.25. The number of aryl methyl sites for hydroxylation is 2. The average molecular weight is 391 g/mol. The zero-order chi connectivity index (χ0) is 19.6. The standard InChI is InChI=1S/C20H26N2O4S/c1-15-5-7-18(16(2)13-15)21-9-11-22(12-10-21)27(23,24)20-14-17(25-3)6-8-19(20)26-4/h5-8,13-14H,9-12H2,1-4H3. The lowest BCUT2D eigenvalue weighted by Crippen LogP contribution is -2.48. The van der Waals surface area contributed by atoms with Crippen LogP contribution in [0.25, 0.3) is 0 Å². The molecule has 1 fully saturated rings. The van der Waals surface area contributed by atoms with E-state index in [1.165, 1.54) is 35.7 Å². The lowest BCUT2D eigenvalue weighted by atomic mass is 10.1. The number of nitrogens with zero attached hydrogens (tertiary/aromatic N) is 2. The molecule has 27 heavy (non-hydrogen) atoms. The van der Waals surface area contributed by atoms with Gasteiger partial charge < -0.3 is 14.4 Å². The molecule has 1 saturated heterocycles. The third-order valence-corrected chi connectivity index (χ3v) is 6.84. The molecule has 0 radical (unpaired) electrons. The van der Waals surface area contributed by atoms with E-state index < -0.39 is 10.0 Å². The molecule has 0 N–H and O–H groups in total. The quantitative estimate of drug-likeness (QED) is 0.786. The first-order chi connectivity index (χ1) is 12.9. The van der Waals surface area contributed by atoms with Crippen LogP contribution >= 0.6 is 0 Å². The fourth-order valence-electron chi connectivity index (χ4n) is 3.45. The van der Waals surface area contributed by atoms with Gasteiger partial charge in [-0.1, -0.05) is 17.7 Å². The smallest absolute Gasteiger partial charge is 0.247 e. The molecule has 1 heterocycles. The second-order valence-electron chi connectivity index (χ2n) is 6.70. The maximum absolute atomic E-state index is 13.2. The SMILES string of the molecule is COc1ccc(OC)c(S(=O)(=O)N2CCN(c3ccc(C)cc3C)CC2)c1. The van der Waals surface area contributed by atoms with Crippen LogP contribution in [-0.2, 0) is 10.0 Å². The van der Waals surface area contributed by atoms with Crippen molar-refractivity contribution in [1.29, 1.82) is 0 Å². The van der Waals surface area contributed by atoms with Gasteiger partial charge in [0.05, 0.1) is 14.2 Å². The Kier molecular flexibility index (Phi) is 5.62. The van der Waals surface area contributed by atoms with Crippen LogP contribution < -0.4 is 14.4 Å². The van der Waals surface area contributed by atoms with Crippen LogP contribution in [0, 0.1) is 13.8 Å². The van der Waals surface area contributed by atoms with Crippen molar-refractivity contribution in [1.82, 2.24) is 4.31 Å². The highest BCUT2D eigenvalue weighted by molar-refractivity contribution is 7.89. The van der Waals surface area contributed by atoms with Crippen molar-refractivity contribution >= 4 is 15.7 Å². The molecular formula is C20H26N2O4S. The van der Waals surface area contributed by atoms with Gasteiger partial charge in [-0.05, 0) is 37.6 Å². The molecule has 0 atom stereocenters. The van der Waals surface area contributed by atoms with E-state index in [1.54, 1.807) is 12.1 Å². The first kappa shape index (κ1) is 19.5. The van der Waals surface area contributed by atoms with Gasteiger partial charge in [0, 0.05) is 37.9 Å². The second-order valence-corrected chi connectivity index (χ2v) is 8.60. The highest BCUT2D eigenvalue weighted by atomic mass is 32.2. The number of hydrogen-bond acceptors (Lipinski definition) is 5. The third-order valence-electron chi connectivity index (χ3n) is 4.92. The van der Waals surface area contributed by atoms with Gasteiger partial charge >= 0.3 is 0 Å². The summed E-state index contributed by atoms with van der Waals surface area (Å²) in [7, 11) is -0.672. The highest BCUT2D eigenvalue weighted by Crippen LogP contribution is 2.31. The fraction of sp³-hybridized carbons (Fsp3) is 0.400. The number of ether oxygens (including phenoxy) is 2. The lowest BCUT2D eigenvalue weighted by molar-refractivity contribution is 0.370. The minimum atomic E-state index is -3.66. The summed E-state index contributed by atoms with van der Waals surface area (Å²) in [5.41, 5.74) is 3.60. The van der Waals surface area contributed by atoms with E-state index in [9.17, 15) is 8.42 Å². The molecule has 7 heteroatoms. The molecule has 0 aliphatic carbocycles. The van der Waals surface area contributed by atoms with Gasteiger partial charge in [0.15, 0.2) is 0 Å². The Balaban J connectivity index is 1.81. The van der Waals surface area contributed by atoms with Crippen molar-refractivity contribution < 1.29 is 17.9 Å². The van der Waals surface area contributed by atoms with Crippen LogP contribution in [0.4, 0.5) is 5.69 Å². The summed E-state index contributed by atoms with van der Waals surface area (Å²) in [5, 5.41) is 0. The van der Waals surface area contributed by atoms with E-state index in [4.69, 9.17) is 9.47 Å². The Labute approximate surface area is 161 Å². The molecular weight excluding hydrogens is 364 g/mol. The van der Waals surface area contributed by atoms with Crippen LogP contribution in [0.2, 0.25) is 0 Å². The van der Waals surface area contributed by atoms with Crippen molar-refractivity contribution in [2.24, 2.45) is 0 Å². The molecule has 0 aromatic heterocycles. The van der Waals surface area contributed by atoms with Crippen LogP contribution in [0.15, 0.2) is 41.3 Å². The maximum Gasteiger partial charge on any atom is 0.247 e. The molecule has 0 amide bonds. The van der Waals surface area contributed by atoms with Crippen LogP contribution in [0.3, 0.4) is 0 Å². The molecule has 0 spiro atoms. The van der Waals surface area contributed by atoms with Gasteiger partial charge in [-0.15, -0.1) is 0 Å². The molecule has 3 rings (SSSR count). The molecule has 0 unspecified atom stereocenters. The number of anilines is 1. The number of rotatable bonds is 5. The summed E-state index contributed by atoms with van der Waals surface area (Å²) in [6.45, 7) is 6.31. The van der Waals surface area contributed by atoms with Gasteiger partial charge in [0.25, 0.3) is 0 Å². The highest BCUT2D eigenvalue weighted by Gasteiger charge is 2.31. The third kappa shape index (κ3) is 3.89. The summed E-state index contributed by atoms with van der Waals surface area (Å²) in [4.78, 5) is 2.38. The van der Waals surface area contributed by atoms with E-state index in [2.05, 4.69) is 36.9 Å². The van der Waals surface area contributed by atoms with E-state index in [-0.39, 0.29) is 4.90 Å². The van der Waals surface area contributed by atoms with Crippen LogP contribution in [-0.4, -0.2) is 53.1 Å². The largest absolute Gasteiger partial charge is 0.497 e. The molecule has 2 aromatic carbocycles. The Morgan fingerprint density at radius 1 is 0.889 bits per heavy atom. The number of hydrogen-bond donors (Lipinski definition) is 0. The first-order valence-corrected chi connectivity index (χ1v) is 10.3. The van der Waals surface area contributed by atoms with E-state index in [1.807, 2.05) is 0 Å². The molecule has 1 aliphatic rings. The fourth-order valence-corrected chi connectivity index (χ4v) is 5.05. The summed E-state index contributed by atoms with van der Waals surface area (Å²) < 4.78 is 38.3. The monoisotopic (exact) mass is 390 g/mol. The van der Waals surface area contributed by atoms with Crippen LogP contribution in [0.1, 0.15) is 11.1 Å². The van der Waals surface area contributed by atoms with Gasteiger partial charge in [-0.25, -0.2) is 8.42 Å². The van der Waals surface area contributed by atoms with Crippen LogP contribution in [0.5, 0.6) is 11.5 Å². The Morgan fingerprint density at radius 2 is 1.59 bits per heavy atom. The molecule has 2 aromatic rings. The zero-order valence-electron chi connectivity index (χ0n) is 16.2. The molecule has 0 saturated carbocycles. The van der Waals surface area contributed by atoms with Crippen molar-refractivity contribution in [2.45, 2.75) is 18.7 Å². The normalized spacial score (nSPS) is 15.6. The van der Waals surface area contributed by atoms with Gasteiger partial charge in [-0.3, -0.25) is 0 Å². The minimum Gasteiger partial charge on any atom is -0.497 e. The average Bonchev–Trinajstić information content (AvgIpc) is 2.67. The van der Waals surface area contributed by atoms with E-state index in [0.717, 1.165) is 5.69 Å². The zero-order valence-corrected chi connectivity index (χ0v) is 17.0. The van der Waals surface area contributed by atoms with Crippen molar-refractivity contribution in [3.63, 3.8) is 0 Å². The van der Waals surface area contributed by atoms with E-state index >= 15 is 0 Å². The maximum atomic E-state index is 13.2. The molecule has 1 aliphatic heterocycles. The topological polar surface area (TPSA) is 59.1 Å². The number of benzene rings is 2. The predicted octanol–water partition coefficient (Wildman–Crippen LogP) is 2.83. The van der Waals surface area contributed by atoms with Gasteiger partial charge in [0.2, 0.25) is 10.0 Å². The van der Waals surface area contributed by atoms with Crippen molar-refractivity contribution in [2.75, 3.05) is 45.3 Å². The Bertz CT molecular complexity index is 920.